The van der Waals surface area contributed by atoms with E-state index in [2.05, 4.69) is 57.3 Å². The van der Waals surface area contributed by atoms with Gasteiger partial charge >= 0.3 is 11.9 Å². The van der Waals surface area contributed by atoms with Crippen molar-refractivity contribution in [2.45, 2.75) is 218 Å². The van der Waals surface area contributed by atoms with Crippen LogP contribution < -0.4 is 29.0 Å². The summed E-state index contributed by atoms with van der Waals surface area (Å²) in [6.45, 7) is 28.4. The van der Waals surface area contributed by atoms with Crippen LogP contribution in [-0.2, 0) is 14.6 Å². The van der Waals surface area contributed by atoms with E-state index in [-0.39, 0.29) is 48.4 Å². The fourth-order valence-electron chi connectivity index (χ4n) is 21.8. The number of esters is 1. The Hall–Kier alpha value is -7.77. The van der Waals surface area contributed by atoms with E-state index < -0.39 is 108 Å². The molecule has 748 valence electrons. The van der Waals surface area contributed by atoms with Gasteiger partial charge in [-0.2, -0.15) is 0 Å². The van der Waals surface area contributed by atoms with Gasteiger partial charge in [0, 0.05) is 73.7 Å². The summed E-state index contributed by atoms with van der Waals surface area (Å²) >= 11 is 0. The number of nitrogens with zero attached hydrogens (tertiary/aromatic N) is 5. The Morgan fingerprint density at radius 1 is 0.393 bits per heavy atom. The number of ketones is 1. The van der Waals surface area contributed by atoms with E-state index in [1.807, 2.05) is 4.90 Å². The van der Waals surface area contributed by atoms with Crippen molar-refractivity contribution in [2.75, 3.05) is 145 Å². The SMILES string of the molecule is CCC(F)(F)CN1CCC([C@H]2C[C@H]2CCOc2cc(F)c(C(=O)NC3CC3)c(F)c2)CC1.CCN1CCC([C@H]2C[C@H]2CCOc2cc(F)c(C(=O)CC3CC3)c(F)c2)CC1.CCN1CCC([C@H]2C[C@H]2CCOc2cc(F)c(C(=O)O)c(F)c2)CC1.CCN1CCC([C@H]2C[C@H]2CCOc2cc(F)c(C(=O)OC)c(F)c2)CC1.CCN1CCC([C@H]2C[C@H]2CCOc2ccc(S(C)(=O)=O)cc2)CC1. The number of carbonyl (C=O) groups excluding carboxylic acids is 3. The quantitative estimate of drug-likeness (QED) is 0.0212. The van der Waals surface area contributed by atoms with Crippen molar-refractivity contribution >= 4 is 33.5 Å². The molecule has 2 N–H and O–H groups in total. The third kappa shape index (κ3) is 31.1. The lowest BCUT2D eigenvalue weighted by atomic mass is 9.90. The number of carboxylic acid groups (broad SMARTS) is 1. The van der Waals surface area contributed by atoms with Gasteiger partial charge in [0.05, 0.1) is 57.1 Å². The third-order valence-electron chi connectivity index (χ3n) is 31.1. The maximum atomic E-state index is 14.3. The maximum Gasteiger partial charge on any atom is 0.343 e. The highest BCUT2D eigenvalue weighted by atomic mass is 32.2. The normalized spacial score (nSPS) is 24.7. The molecule has 12 aliphatic rings. The molecule has 5 saturated heterocycles. The molecule has 10 atom stereocenters. The van der Waals surface area contributed by atoms with Crippen LogP contribution in [0.25, 0.3) is 0 Å². The zero-order valence-electron chi connectivity index (χ0n) is 80.0. The van der Waals surface area contributed by atoms with Gasteiger partial charge in [-0.05, 0) is 365 Å². The molecule has 1 amide bonds. The predicted molar refractivity (Wildman–Crippen MR) is 498 cm³/mol. The second-order valence-electron chi connectivity index (χ2n) is 40.3. The molecule has 0 bridgehead atoms. The van der Waals surface area contributed by atoms with Crippen LogP contribution in [-0.4, -0.2) is 218 Å². The minimum absolute atomic E-state index is 0.0215. The number of hydrogen-bond donors (Lipinski definition) is 2. The van der Waals surface area contributed by atoms with E-state index in [9.17, 15) is 71.5 Å². The first kappa shape index (κ1) is 105. The lowest BCUT2D eigenvalue weighted by Gasteiger charge is -2.34. The van der Waals surface area contributed by atoms with Gasteiger partial charge < -0.3 is 58.4 Å². The van der Waals surface area contributed by atoms with Crippen LogP contribution in [0.4, 0.5) is 43.9 Å². The van der Waals surface area contributed by atoms with Crippen molar-refractivity contribution < 1.29 is 105 Å². The number of amides is 1. The number of ether oxygens (including phenoxy) is 6. The van der Waals surface area contributed by atoms with Crippen LogP contribution in [0.15, 0.2) is 77.7 Å². The van der Waals surface area contributed by atoms with Gasteiger partial charge in [0.2, 0.25) is 0 Å². The number of sulfone groups is 1. The van der Waals surface area contributed by atoms with Gasteiger partial charge in [0.1, 0.15) is 92.0 Å². The summed E-state index contributed by atoms with van der Waals surface area (Å²) in [5.74, 6) is -1.30. The Morgan fingerprint density at radius 3 is 0.941 bits per heavy atom. The molecular formula is C105H144F10N6O13S. The molecule has 5 heterocycles. The minimum Gasteiger partial charge on any atom is -0.494 e. The molecule has 30 heteroatoms. The van der Waals surface area contributed by atoms with Crippen LogP contribution >= 0.6 is 0 Å². The predicted octanol–water partition coefficient (Wildman–Crippen LogP) is 21.0. The number of Topliss-reactive ketones (excluding diaryl/α,β-unsaturated/α-hetero) is 1. The molecule has 0 unspecified atom stereocenters. The van der Waals surface area contributed by atoms with Crippen LogP contribution in [0.3, 0.4) is 0 Å². The molecule has 7 saturated carbocycles. The molecule has 0 spiro atoms. The fraction of sp³-hybridized carbons (Fsp3) is 0.676. The van der Waals surface area contributed by atoms with Crippen molar-refractivity contribution in [3.63, 3.8) is 0 Å². The zero-order chi connectivity index (χ0) is 96.4. The number of halogens is 10. The lowest BCUT2D eigenvalue weighted by Crippen LogP contribution is -2.41. The Kier molecular flexibility index (Phi) is 37.9. The Balaban J connectivity index is 0.000000143. The van der Waals surface area contributed by atoms with Gasteiger partial charge in [-0.15, -0.1) is 0 Å². The van der Waals surface area contributed by atoms with Crippen LogP contribution in [0, 0.1) is 141 Å². The molecule has 0 aromatic heterocycles. The summed E-state index contributed by atoms with van der Waals surface area (Å²) in [5, 5.41) is 11.3. The number of likely N-dealkylation sites (tertiary alicyclic amines) is 5. The summed E-state index contributed by atoms with van der Waals surface area (Å²) in [4.78, 5) is 58.4. The largest absolute Gasteiger partial charge is 0.494 e. The number of benzene rings is 5. The Labute approximate surface area is 792 Å². The molecular weight excluding hydrogens is 1780 g/mol. The monoisotopic (exact) mass is 1920 g/mol. The Bertz CT molecular complexity index is 4730. The summed E-state index contributed by atoms with van der Waals surface area (Å²) in [6.07, 6.45) is 28.1. The van der Waals surface area contributed by atoms with E-state index in [4.69, 9.17) is 28.8 Å². The van der Waals surface area contributed by atoms with Crippen LogP contribution in [0.1, 0.15) is 243 Å². The first-order valence-electron chi connectivity index (χ1n) is 50.4. The number of piperidine rings is 5. The second-order valence-corrected chi connectivity index (χ2v) is 42.3. The highest BCUT2D eigenvalue weighted by Gasteiger charge is 2.48. The summed E-state index contributed by atoms with van der Waals surface area (Å²) < 4.78 is 194. The minimum atomic E-state index is -3.13. The van der Waals surface area contributed by atoms with Crippen LogP contribution in [0.2, 0.25) is 0 Å². The number of hydrogen-bond acceptors (Lipinski definition) is 17. The second kappa shape index (κ2) is 48.9. The smallest absolute Gasteiger partial charge is 0.343 e. The number of rotatable bonds is 40. The summed E-state index contributed by atoms with van der Waals surface area (Å²) in [6, 6.07) is 15.2. The Morgan fingerprint density at radius 2 is 0.674 bits per heavy atom. The summed E-state index contributed by atoms with van der Waals surface area (Å²) in [5.41, 5.74) is -2.58. The van der Waals surface area contributed by atoms with Crippen molar-refractivity contribution in [1.82, 2.24) is 29.8 Å². The van der Waals surface area contributed by atoms with E-state index >= 15 is 0 Å². The molecule has 0 radical (unpaired) electrons. The van der Waals surface area contributed by atoms with E-state index in [0.29, 0.717) is 72.7 Å². The first-order chi connectivity index (χ1) is 64.8. The van der Waals surface area contributed by atoms with Crippen molar-refractivity contribution in [3.05, 3.63) is 142 Å². The highest BCUT2D eigenvalue weighted by Crippen LogP contribution is 2.55. The van der Waals surface area contributed by atoms with Gasteiger partial charge in [-0.3, -0.25) is 14.5 Å². The number of carboxylic acids is 1. The molecule has 12 fully saturated rings. The average molecular weight is 1920 g/mol. The number of methoxy groups -OCH3 is 1. The number of aromatic carboxylic acids is 1. The van der Waals surface area contributed by atoms with E-state index in [0.717, 1.165) is 231 Å². The molecule has 7 aliphatic carbocycles. The van der Waals surface area contributed by atoms with Gasteiger partial charge in [-0.1, -0.05) is 34.6 Å². The standard InChI is InChI=1S/C24H32F4N2O2.C23H31F2NO2.C20H27F2NO3.C19H25F2NO3.C19H29NO3S/c1-2-24(27,28)14-30-8-5-15(6-9-30)19-11-16(19)7-10-32-18-12-20(25)22(21(26)13-18)23(31)29-17-3-4-17;1-2-26-8-5-16(6-9-26)19-12-17(19)7-10-28-18-13-20(24)23(21(25)14-18)22(27)11-15-3-4-15;1-3-23-7-4-13(5-8-23)16-10-14(16)6-9-26-15-11-17(21)19(18(22)12-15)20(24)25-2;1-2-22-6-3-12(4-7-22)15-9-13(15)5-8-25-14-10-16(20)18(19(23)24)17(21)11-14;1-3-20-11-8-15(9-12-20)19-14-16(19)10-13-23-17-4-6-18(7-5-17)24(2,21)22/h12-13,15-17,19H,2-11,14H2,1H3,(H,29,31);13-17,19H,2-12H2,1H3;11-14,16H,3-10H2,1-2H3;10-13,15H,2-9H2,1H3,(H,23,24);4-7,15-16,19H,3,8-14H2,1-2H3/t16-,19-;17-,19-;14-,16-;13-,15-;16-,19-/m11111/s1. The average Bonchev–Trinajstić information content (AvgIpc) is 1.62. The summed E-state index contributed by atoms with van der Waals surface area (Å²) in [7, 11) is -2.04. The van der Waals surface area contributed by atoms with Crippen LogP contribution in [0.5, 0.6) is 28.7 Å². The molecule has 19 nitrogen and oxygen atoms in total. The molecule has 17 rings (SSSR count). The van der Waals surface area contributed by atoms with Gasteiger partial charge in [0.25, 0.3) is 11.8 Å². The van der Waals surface area contributed by atoms with Crippen molar-refractivity contribution in [1.29, 1.82) is 0 Å². The maximum absolute atomic E-state index is 14.3. The van der Waals surface area contributed by atoms with Gasteiger partial charge in [0.15, 0.2) is 15.6 Å². The number of carbonyl (C=O) groups is 4. The molecule has 5 aromatic carbocycles. The third-order valence-corrected chi connectivity index (χ3v) is 32.3. The van der Waals surface area contributed by atoms with E-state index in [1.54, 1.807) is 24.3 Å². The van der Waals surface area contributed by atoms with Gasteiger partial charge in [-0.25, -0.2) is 61.9 Å². The zero-order valence-corrected chi connectivity index (χ0v) is 80.9. The van der Waals surface area contributed by atoms with E-state index in [1.165, 1.54) is 149 Å². The molecule has 135 heavy (non-hydrogen) atoms. The van der Waals surface area contributed by atoms with Crippen molar-refractivity contribution in [3.8, 4) is 28.7 Å². The first-order valence-corrected chi connectivity index (χ1v) is 52.2. The highest BCUT2D eigenvalue weighted by molar-refractivity contribution is 7.90. The fourth-order valence-corrected chi connectivity index (χ4v) is 22.4. The topological polar surface area (TPSA) is 206 Å². The lowest BCUT2D eigenvalue weighted by molar-refractivity contribution is -0.0425. The number of alkyl halides is 2. The molecule has 5 aliphatic heterocycles. The number of nitrogens with one attached hydrogen (secondary N) is 1. The van der Waals surface area contributed by atoms with Crippen molar-refractivity contribution in [2.24, 2.45) is 94.7 Å². The molecule has 5 aromatic rings.